The molecule has 1 amide bonds. The maximum Gasteiger partial charge on any atom is 0.248 e. The number of amides is 1. The number of carbonyl (C=O) groups is 1. The number of rotatable bonds is 2. The molecule has 0 atom stereocenters. The summed E-state index contributed by atoms with van der Waals surface area (Å²) in [6.07, 6.45) is 0.783. The summed E-state index contributed by atoms with van der Waals surface area (Å²) in [6.45, 7) is 6.10. The molecule has 0 aromatic rings. The lowest BCUT2D eigenvalue weighted by Crippen LogP contribution is -2.41. The highest BCUT2D eigenvalue weighted by molar-refractivity contribution is 5.77. The number of hydrogen-bond donors (Lipinski definition) is 0. The van der Waals surface area contributed by atoms with Gasteiger partial charge in [0, 0.05) is 13.1 Å². The van der Waals surface area contributed by atoms with Gasteiger partial charge >= 0.3 is 0 Å². The van der Waals surface area contributed by atoms with E-state index in [0.717, 1.165) is 19.5 Å². The first-order valence-electron chi connectivity index (χ1n) is 3.49. The van der Waals surface area contributed by atoms with Crippen LogP contribution in [-0.2, 0) is 9.53 Å². The van der Waals surface area contributed by atoms with Crippen LogP contribution in [0.2, 0.25) is 0 Å². The van der Waals surface area contributed by atoms with E-state index in [1.807, 2.05) is 0 Å². The van der Waals surface area contributed by atoms with Gasteiger partial charge in [-0.2, -0.15) is 0 Å². The van der Waals surface area contributed by atoms with E-state index in [2.05, 4.69) is 6.92 Å². The molecule has 1 aliphatic heterocycles. The zero-order valence-electron chi connectivity index (χ0n) is 6.01. The van der Waals surface area contributed by atoms with Crippen molar-refractivity contribution in [2.75, 3.05) is 26.3 Å². The fourth-order valence-corrected chi connectivity index (χ4v) is 0.978. The molecule has 1 radical (unpaired) electrons. The minimum atomic E-state index is 0.0925. The third kappa shape index (κ3) is 1.70. The highest BCUT2D eigenvalue weighted by Crippen LogP contribution is 1.98. The molecule has 0 N–H and O–H groups in total. The highest BCUT2D eigenvalue weighted by Gasteiger charge is 2.16. The molecule has 0 aromatic heterocycles. The zero-order chi connectivity index (χ0) is 7.40. The first kappa shape index (κ1) is 7.54. The van der Waals surface area contributed by atoms with Crippen LogP contribution in [0.1, 0.15) is 6.42 Å². The Morgan fingerprint density at radius 2 is 2.50 bits per heavy atom. The van der Waals surface area contributed by atoms with Gasteiger partial charge < -0.3 is 9.64 Å². The summed E-state index contributed by atoms with van der Waals surface area (Å²) < 4.78 is 4.95. The minimum Gasteiger partial charge on any atom is -0.370 e. The van der Waals surface area contributed by atoms with Crippen LogP contribution in [0.25, 0.3) is 0 Å². The van der Waals surface area contributed by atoms with Gasteiger partial charge in [-0.1, -0.05) is 6.92 Å². The van der Waals surface area contributed by atoms with Crippen molar-refractivity contribution in [1.82, 2.24) is 4.90 Å². The first-order chi connectivity index (χ1) is 4.84. The van der Waals surface area contributed by atoms with E-state index in [1.165, 1.54) is 0 Å². The number of nitrogens with zero attached hydrogens (tertiary/aromatic N) is 1. The Morgan fingerprint density at radius 3 is 3.10 bits per heavy atom. The summed E-state index contributed by atoms with van der Waals surface area (Å²) in [4.78, 5) is 12.7. The second kappa shape index (κ2) is 3.56. The molecule has 1 rings (SSSR count). The average molecular weight is 142 g/mol. The van der Waals surface area contributed by atoms with Gasteiger partial charge in [-0.15, -0.1) is 0 Å². The molecule has 57 valence electrons. The van der Waals surface area contributed by atoms with E-state index in [4.69, 9.17) is 4.74 Å². The van der Waals surface area contributed by atoms with Crippen molar-refractivity contribution in [3.63, 3.8) is 0 Å². The van der Waals surface area contributed by atoms with Gasteiger partial charge in [0.05, 0.1) is 6.61 Å². The van der Waals surface area contributed by atoms with E-state index in [-0.39, 0.29) is 12.5 Å². The number of ether oxygens (including phenoxy) is 1. The van der Waals surface area contributed by atoms with Crippen LogP contribution >= 0.6 is 0 Å². The van der Waals surface area contributed by atoms with Crippen LogP contribution in [0.5, 0.6) is 0 Å². The smallest absolute Gasteiger partial charge is 0.248 e. The minimum absolute atomic E-state index is 0.0925. The molecule has 3 heteroatoms. The van der Waals surface area contributed by atoms with E-state index in [1.54, 1.807) is 4.90 Å². The van der Waals surface area contributed by atoms with Gasteiger partial charge in [-0.05, 0) is 6.42 Å². The van der Waals surface area contributed by atoms with Crippen molar-refractivity contribution < 1.29 is 9.53 Å². The number of morpholine rings is 1. The number of carbonyl (C=O) groups excluding carboxylic acids is 1. The van der Waals surface area contributed by atoms with E-state index in [9.17, 15) is 4.79 Å². The predicted octanol–water partition coefficient (Wildman–Crippen LogP) is 0.0694. The summed E-state index contributed by atoms with van der Waals surface area (Å²) in [5, 5.41) is 0. The summed E-state index contributed by atoms with van der Waals surface area (Å²) in [5.41, 5.74) is 0. The van der Waals surface area contributed by atoms with Crippen LogP contribution in [0.4, 0.5) is 0 Å². The van der Waals surface area contributed by atoms with Gasteiger partial charge in [0.15, 0.2) is 0 Å². The first-order valence-corrected chi connectivity index (χ1v) is 3.49. The Bertz CT molecular complexity index is 123. The van der Waals surface area contributed by atoms with Gasteiger partial charge in [0.25, 0.3) is 0 Å². The lowest BCUT2D eigenvalue weighted by atomic mass is 10.3. The normalized spacial score (nSPS) is 19.7. The second-order valence-corrected chi connectivity index (χ2v) is 2.29. The Balaban J connectivity index is 2.32. The standard InChI is InChI=1S/C7H12NO2/c1-2-3-8-4-5-10-6-7(8)9/h1-6H2. The van der Waals surface area contributed by atoms with Crippen molar-refractivity contribution in [1.29, 1.82) is 0 Å². The Labute approximate surface area is 61.0 Å². The topological polar surface area (TPSA) is 29.5 Å². The molecule has 0 bridgehead atoms. The molecule has 1 heterocycles. The van der Waals surface area contributed by atoms with Gasteiger partial charge in [-0.25, -0.2) is 0 Å². The van der Waals surface area contributed by atoms with E-state index < -0.39 is 0 Å². The predicted molar refractivity (Wildman–Crippen MR) is 37.4 cm³/mol. The van der Waals surface area contributed by atoms with Gasteiger partial charge in [0.2, 0.25) is 5.91 Å². The highest BCUT2D eigenvalue weighted by atomic mass is 16.5. The summed E-state index contributed by atoms with van der Waals surface area (Å²) in [5.74, 6) is 0.0925. The molecule has 1 saturated heterocycles. The van der Waals surface area contributed by atoms with Gasteiger partial charge in [-0.3, -0.25) is 4.79 Å². The molecule has 10 heavy (non-hydrogen) atoms. The SMILES string of the molecule is [CH2]CCN1CCOCC1=O. The van der Waals surface area contributed by atoms with E-state index >= 15 is 0 Å². The van der Waals surface area contributed by atoms with Crippen molar-refractivity contribution in [3.8, 4) is 0 Å². The van der Waals surface area contributed by atoms with Crippen molar-refractivity contribution in [2.24, 2.45) is 0 Å². The molecule has 0 saturated carbocycles. The molecule has 0 aromatic carbocycles. The third-order valence-electron chi connectivity index (χ3n) is 1.51. The zero-order valence-corrected chi connectivity index (χ0v) is 6.01. The van der Waals surface area contributed by atoms with Crippen LogP contribution in [0, 0.1) is 6.92 Å². The van der Waals surface area contributed by atoms with Crippen LogP contribution < -0.4 is 0 Å². The summed E-state index contributed by atoms with van der Waals surface area (Å²) in [6, 6.07) is 0. The number of hydrogen-bond acceptors (Lipinski definition) is 2. The van der Waals surface area contributed by atoms with Crippen molar-refractivity contribution >= 4 is 5.91 Å². The fraction of sp³-hybridized carbons (Fsp3) is 0.714. The van der Waals surface area contributed by atoms with Crippen molar-refractivity contribution in [2.45, 2.75) is 6.42 Å². The lowest BCUT2D eigenvalue weighted by Gasteiger charge is -2.25. The lowest BCUT2D eigenvalue weighted by molar-refractivity contribution is -0.142. The summed E-state index contributed by atoms with van der Waals surface area (Å²) in [7, 11) is 0. The Kier molecular flexibility index (Phi) is 2.68. The van der Waals surface area contributed by atoms with Gasteiger partial charge in [0.1, 0.15) is 6.61 Å². The molecular weight excluding hydrogens is 130 g/mol. The molecular formula is C7H12NO2. The molecule has 0 spiro atoms. The average Bonchev–Trinajstić information content (AvgIpc) is 1.94. The molecule has 0 unspecified atom stereocenters. The molecule has 1 fully saturated rings. The summed E-state index contributed by atoms with van der Waals surface area (Å²) >= 11 is 0. The monoisotopic (exact) mass is 142 g/mol. The van der Waals surface area contributed by atoms with Crippen molar-refractivity contribution in [3.05, 3.63) is 6.92 Å². The fourth-order valence-electron chi connectivity index (χ4n) is 0.978. The Hall–Kier alpha value is -0.570. The van der Waals surface area contributed by atoms with E-state index in [0.29, 0.717) is 6.61 Å². The van der Waals surface area contributed by atoms with Crippen LogP contribution in [0.15, 0.2) is 0 Å². The molecule has 1 aliphatic rings. The van der Waals surface area contributed by atoms with Crippen LogP contribution in [-0.4, -0.2) is 37.1 Å². The van der Waals surface area contributed by atoms with Crippen LogP contribution in [0.3, 0.4) is 0 Å². The maximum absolute atomic E-state index is 11.0. The Morgan fingerprint density at radius 1 is 1.70 bits per heavy atom. The second-order valence-electron chi connectivity index (χ2n) is 2.29. The maximum atomic E-state index is 11.0. The molecule has 0 aliphatic carbocycles. The third-order valence-corrected chi connectivity index (χ3v) is 1.51. The molecule has 3 nitrogen and oxygen atoms in total. The quantitative estimate of drug-likeness (QED) is 0.546. The largest absolute Gasteiger partial charge is 0.370 e.